The van der Waals surface area contributed by atoms with E-state index in [4.69, 9.17) is 11.1 Å². The van der Waals surface area contributed by atoms with Crippen molar-refractivity contribution in [3.63, 3.8) is 0 Å². The quantitative estimate of drug-likeness (QED) is 0.248. The van der Waals surface area contributed by atoms with E-state index in [0.717, 1.165) is 12.1 Å². The zero-order valence-corrected chi connectivity index (χ0v) is 14.2. The maximum absolute atomic E-state index is 13.6. The van der Waals surface area contributed by atoms with Crippen molar-refractivity contribution in [2.24, 2.45) is 10.9 Å². The minimum absolute atomic E-state index is 0.146. The van der Waals surface area contributed by atoms with Gasteiger partial charge in [-0.3, -0.25) is 5.41 Å². The van der Waals surface area contributed by atoms with E-state index in [-0.39, 0.29) is 5.56 Å². The lowest BCUT2D eigenvalue weighted by atomic mass is 9.94. The molecule has 31 heavy (non-hydrogen) atoms. The van der Waals surface area contributed by atoms with Gasteiger partial charge in [0.15, 0.2) is 5.84 Å². The molecular weight excluding hydrogens is 473 g/mol. The van der Waals surface area contributed by atoms with Crippen LogP contribution in [0.1, 0.15) is 5.56 Å². The van der Waals surface area contributed by atoms with E-state index < -0.39 is 47.5 Å². The number of alkyl halides is 13. The average Bonchev–Trinajstić information content (AvgIpc) is 2.64. The van der Waals surface area contributed by atoms with E-state index >= 15 is 0 Å². The number of hydrogen-bond acceptors (Lipinski definition) is 3. The van der Waals surface area contributed by atoms with Crippen LogP contribution in [0.5, 0.6) is 0 Å². The summed E-state index contributed by atoms with van der Waals surface area (Å²) in [4.78, 5) is 3.40. The van der Waals surface area contributed by atoms with Gasteiger partial charge in [-0.05, 0) is 0 Å². The molecule has 0 saturated carbocycles. The number of nitrogens with two attached hydrogens (primary N) is 1. The molecule has 0 aliphatic rings. The Morgan fingerprint density at radius 2 is 1.13 bits per heavy atom. The number of amidine groups is 1. The van der Waals surface area contributed by atoms with Crippen LogP contribution in [0, 0.1) is 5.41 Å². The van der Waals surface area contributed by atoms with Crippen molar-refractivity contribution in [3.8, 4) is 0 Å². The van der Waals surface area contributed by atoms with E-state index in [1.54, 1.807) is 0 Å². The maximum Gasteiger partial charge on any atom is 0.460 e. The molecule has 0 aliphatic heterocycles. The minimum atomic E-state index is -8.07. The summed E-state index contributed by atoms with van der Waals surface area (Å²) in [6, 6.07) is 6.25. The van der Waals surface area contributed by atoms with Crippen LogP contribution in [0.25, 0.3) is 0 Å². The van der Waals surface area contributed by atoms with Crippen LogP contribution in [0.2, 0.25) is 0 Å². The SMILES string of the molecule is N=C(O/N=C(\N)c1ccccc1)C(F)(F)C(F)(F)C(F)(F)C(F)(F)C(F)(F)C(F)(F)F. The topological polar surface area (TPSA) is 71.5 Å². The highest BCUT2D eigenvalue weighted by atomic mass is 19.4. The Labute approximate surface area is 162 Å². The van der Waals surface area contributed by atoms with Crippen LogP contribution in [0.15, 0.2) is 35.5 Å². The number of nitrogens with zero attached hydrogens (tertiary/aromatic N) is 1. The first-order valence-electron chi connectivity index (χ1n) is 7.27. The second-order valence-corrected chi connectivity index (χ2v) is 5.63. The molecule has 0 amide bonds. The molecule has 1 aromatic rings. The number of oxime groups is 1. The van der Waals surface area contributed by atoms with Gasteiger partial charge in [-0.1, -0.05) is 35.5 Å². The number of halogens is 13. The highest BCUT2D eigenvalue weighted by Crippen LogP contribution is 2.60. The first-order chi connectivity index (χ1) is 13.7. The Morgan fingerprint density at radius 1 is 0.710 bits per heavy atom. The van der Waals surface area contributed by atoms with Crippen LogP contribution in [0.3, 0.4) is 0 Å². The average molecular weight is 481 g/mol. The summed E-state index contributed by atoms with van der Waals surface area (Å²) in [7, 11) is 0. The largest absolute Gasteiger partial charge is 0.460 e. The van der Waals surface area contributed by atoms with Crippen molar-refractivity contribution >= 4 is 11.7 Å². The number of nitrogens with one attached hydrogen (secondary N) is 1. The maximum atomic E-state index is 13.6. The van der Waals surface area contributed by atoms with E-state index in [1.165, 1.54) is 18.2 Å². The Balaban J connectivity index is 3.31. The zero-order valence-electron chi connectivity index (χ0n) is 14.2. The van der Waals surface area contributed by atoms with Gasteiger partial charge in [-0.25, -0.2) is 0 Å². The fraction of sp³-hybridized carbons (Fsp3) is 0.429. The van der Waals surface area contributed by atoms with Crippen molar-refractivity contribution in [2.75, 3.05) is 0 Å². The normalized spacial score (nSPS) is 15.1. The molecule has 0 aromatic heterocycles. The monoisotopic (exact) mass is 481 g/mol. The van der Waals surface area contributed by atoms with Crippen molar-refractivity contribution in [1.82, 2.24) is 0 Å². The van der Waals surface area contributed by atoms with Crippen molar-refractivity contribution in [3.05, 3.63) is 35.9 Å². The Hall–Kier alpha value is -2.75. The van der Waals surface area contributed by atoms with Crippen LogP contribution in [-0.2, 0) is 4.84 Å². The second kappa shape index (κ2) is 7.74. The molecule has 17 heteroatoms. The molecule has 0 saturated heterocycles. The third-order valence-corrected chi connectivity index (χ3v) is 3.52. The van der Waals surface area contributed by atoms with Gasteiger partial charge in [0.1, 0.15) is 0 Å². The first kappa shape index (κ1) is 26.3. The third kappa shape index (κ3) is 4.08. The summed E-state index contributed by atoms with van der Waals surface area (Å²) in [5, 5.41) is 9.07. The van der Waals surface area contributed by atoms with Gasteiger partial charge >= 0.3 is 35.8 Å². The van der Waals surface area contributed by atoms with Crippen molar-refractivity contribution in [2.45, 2.75) is 35.8 Å². The molecule has 1 rings (SSSR count). The lowest BCUT2D eigenvalue weighted by Gasteiger charge is -2.39. The van der Waals surface area contributed by atoms with Gasteiger partial charge < -0.3 is 10.6 Å². The molecule has 176 valence electrons. The molecule has 0 bridgehead atoms. The molecule has 3 N–H and O–H groups in total. The lowest BCUT2D eigenvalue weighted by molar-refractivity contribution is -0.435. The molecular formula is C14H8F13N3O. The van der Waals surface area contributed by atoms with Crippen molar-refractivity contribution < 1.29 is 61.9 Å². The van der Waals surface area contributed by atoms with Gasteiger partial charge in [-0.2, -0.15) is 57.1 Å². The molecule has 0 spiro atoms. The highest BCUT2D eigenvalue weighted by molar-refractivity contribution is 5.97. The molecule has 0 aliphatic carbocycles. The van der Waals surface area contributed by atoms with E-state index in [0.29, 0.717) is 0 Å². The first-order valence-corrected chi connectivity index (χ1v) is 7.27. The number of rotatable bonds is 7. The Morgan fingerprint density at radius 3 is 1.55 bits per heavy atom. The van der Waals surface area contributed by atoms with Gasteiger partial charge in [0, 0.05) is 5.56 Å². The standard InChI is InChI=1S/C14H8F13N3O/c15-9(16,8(29)31-30-7(28)6-4-2-1-3-5-6)10(17,18)11(19,20)12(21,22)13(23,24)14(25,26)27/h1-5,29H,(H2,28,30). The van der Waals surface area contributed by atoms with Gasteiger partial charge in [0.05, 0.1) is 0 Å². The fourth-order valence-electron chi connectivity index (χ4n) is 1.73. The molecule has 0 heterocycles. The lowest BCUT2D eigenvalue weighted by Crippen LogP contribution is -2.71. The zero-order chi connectivity index (χ0) is 24.7. The smallest absolute Gasteiger partial charge is 0.380 e. The van der Waals surface area contributed by atoms with E-state index in [2.05, 4.69) is 9.99 Å². The van der Waals surface area contributed by atoms with Crippen LogP contribution in [0.4, 0.5) is 57.1 Å². The Bertz CT molecular complexity index is 834. The van der Waals surface area contributed by atoms with E-state index in [1.807, 2.05) is 0 Å². The van der Waals surface area contributed by atoms with Gasteiger partial charge in [0.2, 0.25) is 0 Å². The van der Waals surface area contributed by atoms with Crippen LogP contribution >= 0.6 is 0 Å². The molecule has 0 unspecified atom stereocenters. The Kier molecular flexibility index (Phi) is 6.56. The molecule has 1 aromatic carbocycles. The van der Waals surface area contributed by atoms with Crippen LogP contribution < -0.4 is 5.73 Å². The second-order valence-electron chi connectivity index (χ2n) is 5.63. The summed E-state index contributed by atoms with van der Waals surface area (Å²) in [6.45, 7) is 0. The summed E-state index contributed by atoms with van der Waals surface area (Å²) in [5.41, 5.74) is 5.01. The van der Waals surface area contributed by atoms with Gasteiger partial charge in [-0.15, -0.1) is 0 Å². The summed E-state index contributed by atoms with van der Waals surface area (Å²) < 4.78 is 169. The number of benzene rings is 1. The summed E-state index contributed by atoms with van der Waals surface area (Å²) >= 11 is 0. The molecule has 0 radical (unpaired) electrons. The summed E-state index contributed by atoms with van der Waals surface area (Å²) in [6.07, 6.45) is -7.52. The predicted molar refractivity (Wildman–Crippen MR) is 76.8 cm³/mol. The molecule has 0 atom stereocenters. The van der Waals surface area contributed by atoms with Crippen LogP contribution in [-0.4, -0.2) is 47.5 Å². The fourth-order valence-corrected chi connectivity index (χ4v) is 1.73. The van der Waals surface area contributed by atoms with Gasteiger partial charge in [0.25, 0.3) is 5.90 Å². The summed E-state index contributed by atoms with van der Waals surface area (Å²) in [5.74, 6) is -42.7. The minimum Gasteiger partial charge on any atom is -0.380 e. The van der Waals surface area contributed by atoms with Crippen molar-refractivity contribution in [1.29, 1.82) is 5.41 Å². The highest BCUT2D eigenvalue weighted by Gasteiger charge is 2.91. The number of hydrogen-bond donors (Lipinski definition) is 2. The molecule has 4 nitrogen and oxygen atoms in total. The predicted octanol–water partition coefficient (Wildman–Crippen LogP) is 5.04. The molecule has 0 fully saturated rings. The third-order valence-electron chi connectivity index (χ3n) is 3.52. The van der Waals surface area contributed by atoms with E-state index in [9.17, 15) is 57.1 Å².